The molecule has 2 atom stereocenters. The van der Waals surface area contributed by atoms with E-state index in [-0.39, 0.29) is 21.1 Å². The van der Waals surface area contributed by atoms with Crippen molar-refractivity contribution in [3.05, 3.63) is 107 Å². The first kappa shape index (κ1) is 20.6. The third-order valence-electron chi connectivity index (χ3n) is 4.39. The molecule has 0 fully saturated rings. The van der Waals surface area contributed by atoms with Gasteiger partial charge >= 0.3 is 174 Å². The maximum atomic E-state index is 10.8. The third-order valence-corrected chi connectivity index (χ3v) is 6.75. The molecule has 0 aromatic heterocycles. The first-order valence-electron chi connectivity index (χ1n) is 9.60. The van der Waals surface area contributed by atoms with Gasteiger partial charge in [-0.05, 0) is 0 Å². The van der Waals surface area contributed by atoms with E-state index in [1.165, 1.54) is 8.93 Å². The summed E-state index contributed by atoms with van der Waals surface area (Å²) in [6.07, 6.45) is 2.10. The minimum atomic E-state index is -0.552. The Kier molecular flexibility index (Phi) is 8.07. The molecule has 0 saturated heterocycles. The Labute approximate surface area is 174 Å². The Balaban J connectivity index is 1.88. The van der Waals surface area contributed by atoms with E-state index in [0.717, 1.165) is 11.1 Å². The van der Waals surface area contributed by atoms with Gasteiger partial charge in [-0.2, -0.15) is 0 Å². The number of benzene rings is 3. The molecule has 0 aliphatic rings. The Morgan fingerprint density at radius 2 is 1.46 bits per heavy atom. The van der Waals surface area contributed by atoms with Gasteiger partial charge in [0.1, 0.15) is 0 Å². The fraction of sp³-hybridized carbons (Fsp3) is 0.200. The molecule has 3 heteroatoms. The van der Waals surface area contributed by atoms with E-state index in [9.17, 15) is 5.11 Å². The van der Waals surface area contributed by atoms with E-state index in [0.29, 0.717) is 13.0 Å². The summed E-state index contributed by atoms with van der Waals surface area (Å²) in [4.78, 5) is 0. The van der Waals surface area contributed by atoms with Crippen LogP contribution in [0.25, 0.3) is 6.08 Å². The first-order valence-corrected chi connectivity index (χ1v) is 11.3. The molecule has 0 radical (unpaired) electrons. The molecule has 0 amide bonds. The Morgan fingerprint density at radius 3 is 2.07 bits per heavy atom. The van der Waals surface area contributed by atoms with Crippen molar-refractivity contribution in [3.63, 3.8) is 0 Å². The summed E-state index contributed by atoms with van der Waals surface area (Å²) in [6, 6.07) is 30.7. The zero-order valence-corrected chi connectivity index (χ0v) is 17.8. The van der Waals surface area contributed by atoms with Crippen molar-refractivity contribution >= 4 is 25.5 Å². The van der Waals surface area contributed by atoms with E-state index in [1.807, 2.05) is 61.5 Å². The van der Waals surface area contributed by atoms with Crippen LogP contribution in [0.2, 0.25) is 0 Å². The van der Waals surface area contributed by atoms with Gasteiger partial charge in [-0.25, -0.2) is 0 Å². The number of ether oxygens (including phenoxy) is 1. The summed E-state index contributed by atoms with van der Waals surface area (Å²) >= 11 is 0.118. The molecule has 0 saturated carbocycles. The zero-order valence-electron chi connectivity index (χ0n) is 16.1. The van der Waals surface area contributed by atoms with Crippen LogP contribution in [0.15, 0.2) is 95.5 Å². The van der Waals surface area contributed by atoms with Gasteiger partial charge in [0, 0.05) is 0 Å². The van der Waals surface area contributed by atoms with Crippen molar-refractivity contribution in [1.29, 1.82) is 0 Å². The molecule has 144 valence electrons. The number of aliphatic hydroxyl groups excluding tert-OH is 1. The monoisotopic (exact) mass is 438 g/mol. The Morgan fingerprint density at radius 1 is 0.893 bits per heavy atom. The van der Waals surface area contributed by atoms with Crippen LogP contribution in [-0.4, -0.2) is 32.8 Å². The number of aliphatic hydroxyl groups is 1. The summed E-state index contributed by atoms with van der Waals surface area (Å²) in [5, 5.41) is 10.8. The fourth-order valence-electron chi connectivity index (χ4n) is 3.01. The van der Waals surface area contributed by atoms with E-state index < -0.39 is 6.10 Å². The molecule has 0 bridgehead atoms. The van der Waals surface area contributed by atoms with Crippen molar-refractivity contribution < 1.29 is 9.84 Å². The van der Waals surface area contributed by atoms with E-state index >= 15 is 0 Å². The van der Waals surface area contributed by atoms with Crippen LogP contribution in [0.3, 0.4) is 0 Å². The van der Waals surface area contributed by atoms with Gasteiger partial charge in [0.05, 0.1) is 0 Å². The van der Waals surface area contributed by atoms with Gasteiger partial charge in [0.2, 0.25) is 0 Å². The summed E-state index contributed by atoms with van der Waals surface area (Å²) in [6.45, 7) is 2.63. The van der Waals surface area contributed by atoms with Gasteiger partial charge in [-0.3, -0.25) is 0 Å². The summed E-state index contributed by atoms with van der Waals surface area (Å²) in [5.41, 5.74) is 2.09. The van der Waals surface area contributed by atoms with Crippen LogP contribution in [0.4, 0.5) is 0 Å². The molecular weight excluding hydrogens is 411 g/mol. The fourth-order valence-corrected chi connectivity index (χ4v) is 5.22. The normalized spacial score (nSPS) is 13.9. The van der Waals surface area contributed by atoms with Gasteiger partial charge in [-0.1, -0.05) is 0 Å². The molecule has 0 heterocycles. The molecule has 1 N–H and O–H groups in total. The molecule has 3 aromatic rings. The number of rotatable bonds is 9. The number of hydrogen-bond acceptors (Lipinski definition) is 2. The molecule has 3 aromatic carbocycles. The number of hydrogen-bond donors (Lipinski definition) is 1. The van der Waals surface area contributed by atoms with E-state index in [1.54, 1.807) is 0 Å². The summed E-state index contributed by atoms with van der Waals surface area (Å²) in [5.74, 6) is 0. The van der Waals surface area contributed by atoms with Crippen LogP contribution in [0.1, 0.15) is 30.6 Å². The molecule has 28 heavy (non-hydrogen) atoms. The topological polar surface area (TPSA) is 29.5 Å². The van der Waals surface area contributed by atoms with E-state index in [4.69, 9.17) is 4.74 Å². The standard InChI is InChI=1S/C25H26O2Se/c1-2-27-24(19-23(26)21-14-8-4-9-15-21)25(18-20-12-6-3-7-13-20)28-22-16-10-5-11-17-22/h3-18,23-24,26H,2,19H2,1H3/b25-18-/t23-,24-/m0/s1. The average Bonchev–Trinajstić information content (AvgIpc) is 2.75. The predicted octanol–water partition coefficient (Wildman–Crippen LogP) is 4.59. The second-order valence-electron chi connectivity index (χ2n) is 6.48. The van der Waals surface area contributed by atoms with Crippen molar-refractivity contribution in [1.82, 2.24) is 0 Å². The molecule has 3 rings (SSSR count). The quantitative estimate of drug-likeness (QED) is 0.497. The molecule has 0 aliphatic heterocycles. The predicted molar refractivity (Wildman–Crippen MR) is 118 cm³/mol. The Hall–Kier alpha value is -2.16. The van der Waals surface area contributed by atoms with Crippen LogP contribution >= 0.6 is 0 Å². The van der Waals surface area contributed by atoms with Gasteiger partial charge in [-0.15, -0.1) is 0 Å². The van der Waals surface area contributed by atoms with Crippen molar-refractivity contribution in [3.8, 4) is 0 Å². The van der Waals surface area contributed by atoms with E-state index in [2.05, 4.69) is 42.5 Å². The molecule has 0 spiro atoms. The van der Waals surface area contributed by atoms with Crippen molar-refractivity contribution in [2.75, 3.05) is 6.61 Å². The van der Waals surface area contributed by atoms with Gasteiger partial charge in [0.15, 0.2) is 0 Å². The summed E-state index contributed by atoms with van der Waals surface area (Å²) < 4.78 is 8.67. The van der Waals surface area contributed by atoms with Gasteiger partial charge < -0.3 is 0 Å². The van der Waals surface area contributed by atoms with Gasteiger partial charge in [0.25, 0.3) is 0 Å². The molecule has 0 aliphatic carbocycles. The van der Waals surface area contributed by atoms with Crippen LogP contribution in [-0.2, 0) is 4.74 Å². The average molecular weight is 437 g/mol. The van der Waals surface area contributed by atoms with Crippen LogP contribution < -0.4 is 4.46 Å². The van der Waals surface area contributed by atoms with Crippen molar-refractivity contribution in [2.24, 2.45) is 0 Å². The molecule has 0 unspecified atom stereocenters. The first-order chi connectivity index (χ1) is 13.8. The summed E-state index contributed by atoms with van der Waals surface area (Å²) in [7, 11) is 0. The zero-order chi connectivity index (χ0) is 19.6. The van der Waals surface area contributed by atoms with Crippen LogP contribution in [0, 0.1) is 0 Å². The second-order valence-corrected chi connectivity index (χ2v) is 8.89. The molecular formula is C25H26O2Se. The Bertz CT molecular complexity index is 847. The minimum absolute atomic E-state index is 0.118. The second kappa shape index (κ2) is 11.0. The third kappa shape index (κ3) is 6.19. The maximum absolute atomic E-state index is 10.8. The SMILES string of the molecule is CCO[C@@H](C[C@H](O)c1ccccc1)/C(=C/c1ccccc1)[Se]c1ccccc1. The van der Waals surface area contributed by atoms with Crippen LogP contribution in [0.5, 0.6) is 0 Å². The molecule has 2 nitrogen and oxygen atoms in total. The van der Waals surface area contributed by atoms with Crippen molar-refractivity contribution in [2.45, 2.75) is 25.6 Å².